The van der Waals surface area contributed by atoms with E-state index in [2.05, 4.69) is 20.0 Å². The zero-order valence-electron chi connectivity index (χ0n) is 20.5. The zero-order valence-corrected chi connectivity index (χ0v) is 20.5. The number of nitrogens with zero attached hydrogens (tertiary/aromatic N) is 6. The number of anilines is 2. The smallest absolute Gasteiger partial charge is 0.379 e. The molecule has 13 heteroatoms. The van der Waals surface area contributed by atoms with Crippen molar-refractivity contribution in [3.63, 3.8) is 0 Å². The summed E-state index contributed by atoms with van der Waals surface area (Å²) < 4.78 is 46.2. The van der Waals surface area contributed by atoms with Crippen LogP contribution in [0.3, 0.4) is 0 Å². The van der Waals surface area contributed by atoms with Crippen LogP contribution in [0.1, 0.15) is 49.1 Å². The highest BCUT2D eigenvalue weighted by molar-refractivity contribution is 5.53. The maximum absolute atomic E-state index is 13.5. The molecule has 0 aromatic carbocycles. The number of ether oxygens (including phenoxy) is 1. The van der Waals surface area contributed by atoms with E-state index in [1.807, 2.05) is 22.4 Å². The normalized spacial score (nSPS) is 22.0. The van der Waals surface area contributed by atoms with Gasteiger partial charge in [-0.15, -0.1) is 0 Å². The van der Waals surface area contributed by atoms with E-state index in [4.69, 9.17) is 4.74 Å². The molecule has 2 atom stereocenters. The molecule has 2 aromatic rings. The second-order valence-corrected chi connectivity index (χ2v) is 9.90. The molecule has 0 bridgehead atoms. The molecule has 1 saturated carbocycles. The second-order valence-electron chi connectivity index (χ2n) is 9.90. The van der Waals surface area contributed by atoms with Gasteiger partial charge in [-0.3, -0.25) is 9.69 Å². The van der Waals surface area contributed by atoms with E-state index in [0.29, 0.717) is 63.9 Å². The number of hydrogen-bond acceptors (Lipinski definition) is 9. The average Bonchev–Trinajstić information content (AvgIpc) is 3.63. The van der Waals surface area contributed by atoms with Crippen molar-refractivity contribution in [1.82, 2.24) is 25.1 Å². The van der Waals surface area contributed by atoms with E-state index in [1.165, 1.54) is 18.4 Å². The third-order valence-corrected chi connectivity index (χ3v) is 7.36. The molecular formula is C24H32F3N7O3. The van der Waals surface area contributed by atoms with Gasteiger partial charge in [0.05, 0.1) is 31.1 Å². The summed E-state index contributed by atoms with van der Waals surface area (Å²) in [6.45, 7) is 3.63. The van der Waals surface area contributed by atoms with E-state index in [9.17, 15) is 23.1 Å². The number of hydrogen-bond donors (Lipinski definition) is 2. The molecular weight excluding hydrogens is 491 g/mol. The van der Waals surface area contributed by atoms with Gasteiger partial charge in [-0.2, -0.15) is 18.3 Å². The van der Waals surface area contributed by atoms with Crippen molar-refractivity contribution in [3.05, 3.63) is 40.1 Å². The van der Waals surface area contributed by atoms with Crippen LogP contribution in [0.2, 0.25) is 0 Å². The fourth-order valence-corrected chi connectivity index (χ4v) is 5.14. The molecule has 10 nitrogen and oxygen atoms in total. The predicted molar refractivity (Wildman–Crippen MR) is 129 cm³/mol. The van der Waals surface area contributed by atoms with Crippen molar-refractivity contribution in [3.8, 4) is 0 Å². The quantitative estimate of drug-likeness (QED) is 0.477. The SMILES string of the molecule is O=c1[nH]ncc(N2CCC[C@@H]2COCC[C@@H](O)N2CCN(c3ncc(C4CC4)cn3)CC2)c1C(F)(F)F. The molecule has 2 N–H and O–H groups in total. The molecule has 2 saturated heterocycles. The molecule has 4 heterocycles. The van der Waals surface area contributed by atoms with Crippen molar-refractivity contribution < 1.29 is 23.0 Å². The van der Waals surface area contributed by atoms with Crippen LogP contribution in [0.25, 0.3) is 0 Å². The van der Waals surface area contributed by atoms with Gasteiger partial charge in [0, 0.05) is 51.5 Å². The minimum atomic E-state index is -4.78. The van der Waals surface area contributed by atoms with Crippen LogP contribution < -0.4 is 15.4 Å². The maximum Gasteiger partial charge on any atom is 0.423 e. The summed E-state index contributed by atoms with van der Waals surface area (Å²) in [5.41, 5.74) is -1.49. The largest absolute Gasteiger partial charge is 0.423 e. The lowest BCUT2D eigenvalue weighted by Gasteiger charge is -2.37. The fourth-order valence-electron chi connectivity index (χ4n) is 5.14. The summed E-state index contributed by atoms with van der Waals surface area (Å²) in [5.74, 6) is 1.34. The van der Waals surface area contributed by atoms with Crippen molar-refractivity contribution in [1.29, 1.82) is 0 Å². The highest BCUT2D eigenvalue weighted by atomic mass is 19.4. The zero-order chi connectivity index (χ0) is 26.0. The summed E-state index contributed by atoms with van der Waals surface area (Å²) in [4.78, 5) is 26.5. The van der Waals surface area contributed by atoms with Crippen molar-refractivity contribution in [2.45, 2.75) is 56.5 Å². The van der Waals surface area contributed by atoms with Gasteiger partial charge in [-0.05, 0) is 37.2 Å². The van der Waals surface area contributed by atoms with Gasteiger partial charge in [0.1, 0.15) is 11.8 Å². The molecule has 0 radical (unpaired) electrons. The van der Waals surface area contributed by atoms with Crippen LogP contribution in [0.15, 0.2) is 23.4 Å². The summed E-state index contributed by atoms with van der Waals surface area (Å²) in [5, 5.41) is 16.1. The van der Waals surface area contributed by atoms with Crippen molar-refractivity contribution in [2.24, 2.45) is 0 Å². The monoisotopic (exact) mass is 523 g/mol. The number of aliphatic hydroxyl groups excluding tert-OH is 1. The van der Waals surface area contributed by atoms with Gasteiger partial charge in [0.15, 0.2) is 0 Å². The lowest BCUT2D eigenvalue weighted by atomic mass is 10.2. The Morgan fingerprint density at radius 2 is 1.81 bits per heavy atom. The minimum Gasteiger partial charge on any atom is -0.379 e. The van der Waals surface area contributed by atoms with E-state index >= 15 is 0 Å². The third kappa shape index (κ3) is 6.04. The molecule has 5 rings (SSSR count). The van der Waals surface area contributed by atoms with E-state index in [1.54, 1.807) is 4.90 Å². The van der Waals surface area contributed by atoms with E-state index in [-0.39, 0.29) is 24.9 Å². The topological polar surface area (TPSA) is 111 Å². The molecule has 202 valence electrons. The van der Waals surface area contributed by atoms with Crippen LogP contribution in [0.5, 0.6) is 0 Å². The number of alkyl halides is 3. The molecule has 0 amide bonds. The maximum atomic E-state index is 13.5. The molecule has 3 aliphatic rings. The fraction of sp³-hybridized carbons (Fsp3) is 0.667. The number of halogens is 3. The van der Waals surface area contributed by atoms with Gasteiger partial charge >= 0.3 is 6.18 Å². The van der Waals surface area contributed by atoms with Gasteiger partial charge in [-0.1, -0.05) is 0 Å². The first-order valence-electron chi connectivity index (χ1n) is 12.8. The van der Waals surface area contributed by atoms with E-state index < -0.39 is 23.5 Å². The van der Waals surface area contributed by atoms with Crippen molar-refractivity contribution >= 4 is 11.6 Å². The Hall–Kier alpha value is -2.77. The first-order valence-corrected chi connectivity index (χ1v) is 12.8. The van der Waals surface area contributed by atoms with Crippen molar-refractivity contribution in [2.75, 3.05) is 55.7 Å². The Morgan fingerprint density at radius 3 is 2.49 bits per heavy atom. The Kier molecular flexibility index (Phi) is 7.63. The lowest BCUT2D eigenvalue weighted by molar-refractivity contribution is -0.138. The molecule has 0 spiro atoms. The Balaban J connectivity index is 1.07. The minimum absolute atomic E-state index is 0.207. The first-order chi connectivity index (χ1) is 17.8. The van der Waals surface area contributed by atoms with Crippen LogP contribution in [-0.2, 0) is 10.9 Å². The average molecular weight is 524 g/mol. The molecule has 3 fully saturated rings. The summed E-state index contributed by atoms with van der Waals surface area (Å²) in [6.07, 6.45) is 3.60. The second kappa shape index (κ2) is 10.9. The number of rotatable bonds is 9. The summed E-state index contributed by atoms with van der Waals surface area (Å²) in [7, 11) is 0. The molecule has 0 unspecified atom stereocenters. The first kappa shape index (κ1) is 25.9. The Morgan fingerprint density at radius 1 is 1.08 bits per heavy atom. The van der Waals surface area contributed by atoms with Crippen LogP contribution in [-0.4, -0.2) is 88.4 Å². The number of aromatic nitrogens is 4. The van der Waals surface area contributed by atoms with Gasteiger partial charge in [-0.25, -0.2) is 15.1 Å². The number of aliphatic hydroxyl groups is 1. The summed E-state index contributed by atoms with van der Waals surface area (Å²) in [6, 6.07) is -0.295. The number of H-pyrrole nitrogens is 1. The highest BCUT2D eigenvalue weighted by Crippen LogP contribution is 2.39. The van der Waals surface area contributed by atoms with Crippen LogP contribution in [0, 0.1) is 0 Å². The van der Waals surface area contributed by atoms with Gasteiger partial charge in [0.25, 0.3) is 5.56 Å². The molecule has 1 aliphatic carbocycles. The number of nitrogens with one attached hydrogen (secondary N) is 1. The van der Waals surface area contributed by atoms with Crippen LogP contribution >= 0.6 is 0 Å². The number of piperazine rings is 1. The highest BCUT2D eigenvalue weighted by Gasteiger charge is 2.40. The van der Waals surface area contributed by atoms with Gasteiger partial charge in [0.2, 0.25) is 5.95 Å². The van der Waals surface area contributed by atoms with Gasteiger partial charge < -0.3 is 19.6 Å². The van der Waals surface area contributed by atoms with Crippen LogP contribution in [0.4, 0.5) is 24.8 Å². The third-order valence-electron chi connectivity index (χ3n) is 7.36. The Labute approximate surface area is 212 Å². The molecule has 2 aliphatic heterocycles. The number of aromatic amines is 1. The molecule has 2 aromatic heterocycles. The molecule has 37 heavy (non-hydrogen) atoms. The van der Waals surface area contributed by atoms with E-state index in [0.717, 1.165) is 6.20 Å². The standard InChI is InChI=1S/C24H32F3N7O3/c25-24(26,27)21-19(14-30-31-22(21)36)34-6-1-2-18(34)15-37-11-5-20(35)32-7-9-33(10-8-32)23-28-12-17(13-29-23)16-3-4-16/h12-14,16,18,20,35H,1-11,15H2,(H,31,36)/t18-,20-/m1/s1. The Bertz CT molecular complexity index is 1100. The summed E-state index contributed by atoms with van der Waals surface area (Å²) >= 11 is 0. The predicted octanol–water partition coefficient (Wildman–Crippen LogP) is 1.97. The lowest BCUT2D eigenvalue weighted by Crippen LogP contribution is -2.51.